The van der Waals surface area contributed by atoms with Crippen LogP contribution in [0.4, 0.5) is 5.69 Å². The number of methoxy groups -OCH3 is 1. The summed E-state index contributed by atoms with van der Waals surface area (Å²) < 4.78 is 10.5. The number of aryl methyl sites for hydroxylation is 2. The summed E-state index contributed by atoms with van der Waals surface area (Å²) in [6.07, 6.45) is 10.5. The number of amides is 2. The number of nitrogens with two attached hydrogens (primary N) is 1. The summed E-state index contributed by atoms with van der Waals surface area (Å²) in [5.74, 6) is 2.01. The lowest BCUT2D eigenvalue weighted by atomic mass is 9.76. The van der Waals surface area contributed by atoms with Gasteiger partial charge in [-0.15, -0.1) is 0 Å². The molecule has 0 unspecified atom stereocenters. The third-order valence-corrected chi connectivity index (χ3v) is 7.71. The van der Waals surface area contributed by atoms with Crippen molar-refractivity contribution in [3.8, 4) is 5.75 Å². The summed E-state index contributed by atoms with van der Waals surface area (Å²) in [6.45, 7) is 3.40. The van der Waals surface area contributed by atoms with Gasteiger partial charge in [0, 0.05) is 17.6 Å². The third-order valence-electron chi connectivity index (χ3n) is 7.71. The maximum Gasteiger partial charge on any atom is 0.261 e. The van der Waals surface area contributed by atoms with Gasteiger partial charge < -0.3 is 25.6 Å². The fraction of sp³-hybridized carbons (Fsp3) is 0.593. The number of carbonyl (C=O) groups excluding carboxylic acids is 2. The second-order valence-electron chi connectivity index (χ2n) is 10.3. The minimum atomic E-state index is -0.352. The van der Waals surface area contributed by atoms with Crippen LogP contribution < -0.4 is 21.1 Å². The highest BCUT2D eigenvalue weighted by Gasteiger charge is 2.27. The van der Waals surface area contributed by atoms with Gasteiger partial charge in [-0.2, -0.15) is 0 Å². The minimum absolute atomic E-state index is 0.134. The maximum absolute atomic E-state index is 13.0. The van der Waals surface area contributed by atoms with E-state index in [4.69, 9.17) is 15.0 Å². The first-order valence-electron chi connectivity index (χ1n) is 12.8. The van der Waals surface area contributed by atoms with Gasteiger partial charge in [0.15, 0.2) is 0 Å². The Morgan fingerprint density at radius 2 is 1.69 bits per heavy atom. The van der Waals surface area contributed by atoms with Crippen LogP contribution in [-0.2, 0) is 0 Å². The van der Waals surface area contributed by atoms with Crippen LogP contribution in [0.2, 0.25) is 0 Å². The molecule has 2 aliphatic carbocycles. The van der Waals surface area contributed by atoms with E-state index >= 15 is 0 Å². The molecule has 1 heterocycles. The average molecular weight is 483 g/mol. The van der Waals surface area contributed by atoms with Gasteiger partial charge in [-0.3, -0.25) is 9.59 Å². The zero-order valence-electron chi connectivity index (χ0n) is 21.1. The van der Waals surface area contributed by atoms with Crippen molar-refractivity contribution in [3.63, 3.8) is 0 Å². The van der Waals surface area contributed by atoms with Crippen molar-refractivity contribution in [3.05, 3.63) is 40.8 Å². The highest BCUT2D eigenvalue weighted by atomic mass is 16.5. The molecule has 2 amide bonds. The number of hydrogen-bond donors (Lipinski definition) is 3. The van der Waals surface area contributed by atoms with Gasteiger partial charge in [-0.1, -0.05) is 5.16 Å². The second kappa shape index (κ2) is 11.2. The van der Waals surface area contributed by atoms with E-state index in [2.05, 4.69) is 15.8 Å². The Bertz CT molecular complexity index is 1010. The number of aromatic nitrogens is 1. The quantitative estimate of drug-likeness (QED) is 0.524. The van der Waals surface area contributed by atoms with Crippen LogP contribution in [0, 0.1) is 25.7 Å². The van der Waals surface area contributed by atoms with Gasteiger partial charge in [0.05, 0.1) is 18.5 Å². The van der Waals surface area contributed by atoms with Crippen LogP contribution in [0.15, 0.2) is 22.7 Å². The first-order valence-corrected chi connectivity index (χ1v) is 12.8. The van der Waals surface area contributed by atoms with Crippen LogP contribution in [0.1, 0.15) is 90.0 Å². The number of rotatable bonds is 7. The van der Waals surface area contributed by atoms with E-state index in [1.165, 1.54) is 39.2 Å². The van der Waals surface area contributed by atoms with Crippen molar-refractivity contribution in [2.24, 2.45) is 17.6 Å². The fourth-order valence-corrected chi connectivity index (χ4v) is 5.65. The SMILES string of the molecule is COc1ccc(C(=O)NC2CCC(CC3CCC(N)CC3)CC2)cc1NC(=O)c1c(C)noc1C. The molecule has 190 valence electrons. The molecule has 1 aromatic heterocycles. The van der Waals surface area contributed by atoms with E-state index in [9.17, 15) is 9.59 Å². The predicted octanol–water partition coefficient (Wildman–Crippen LogP) is 4.75. The maximum atomic E-state index is 13.0. The predicted molar refractivity (Wildman–Crippen MR) is 135 cm³/mol. The molecule has 0 spiro atoms. The third kappa shape index (κ3) is 6.23. The Labute approximate surface area is 207 Å². The lowest BCUT2D eigenvalue weighted by Crippen LogP contribution is -2.38. The standard InChI is InChI=1S/C27H38N4O4/c1-16-25(17(2)35-31-16)27(33)30-23-15-20(8-13-24(23)34-3)26(32)29-22-11-6-19(7-12-22)14-18-4-9-21(28)10-5-18/h8,13,15,18-19,21-22H,4-7,9-12,14,28H2,1-3H3,(H,29,32)(H,30,33). The van der Waals surface area contributed by atoms with E-state index < -0.39 is 0 Å². The Hall–Kier alpha value is -2.87. The molecule has 1 aromatic carbocycles. The van der Waals surface area contributed by atoms with Gasteiger partial charge in [-0.25, -0.2) is 0 Å². The molecule has 0 aliphatic heterocycles. The molecular formula is C27H38N4O4. The molecule has 0 saturated heterocycles. The number of carbonyl (C=O) groups is 2. The zero-order valence-corrected chi connectivity index (χ0v) is 21.1. The molecule has 2 aliphatic rings. The smallest absolute Gasteiger partial charge is 0.261 e. The van der Waals surface area contributed by atoms with E-state index in [0.29, 0.717) is 40.1 Å². The summed E-state index contributed by atoms with van der Waals surface area (Å²) in [5.41, 5.74) is 7.86. The van der Waals surface area contributed by atoms with Crippen molar-refractivity contribution < 1.29 is 18.8 Å². The molecule has 2 fully saturated rings. The normalized spacial score (nSPS) is 24.6. The van der Waals surface area contributed by atoms with Crippen molar-refractivity contribution >= 4 is 17.5 Å². The van der Waals surface area contributed by atoms with Gasteiger partial charge >= 0.3 is 0 Å². The van der Waals surface area contributed by atoms with Gasteiger partial charge in [0.2, 0.25) is 0 Å². The van der Waals surface area contributed by atoms with E-state index in [1.807, 2.05) is 0 Å². The Kier molecular flexibility index (Phi) is 8.11. The molecule has 8 heteroatoms. The topological polar surface area (TPSA) is 119 Å². The number of nitrogens with one attached hydrogen (secondary N) is 2. The fourth-order valence-electron chi connectivity index (χ4n) is 5.65. The summed E-state index contributed by atoms with van der Waals surface area (Å²) >= 11 is 0. The van der Waals surface area contributed by atoms with Crippen LogP contribution in [0.3, 0.4) is 0 Å². The largest absolute Gasteiger partial charge is 0.495 e. The molecule has 2 aromatic rings. The summed E-state index contributed by atoms with van der Waals surface area (Å²) in [5, 5.41) is 9.87. The van der Waals surface area contributed by atoms with Crippen LogP contribution in [-0.4, -0.2) is 36.2 Å². The summed E-state index contributed by atoms with van der Waals surface area (Å²) in [7, 11) is 1.53. The molecule has 0 radical (unpaired) electrons. The number of hydrogen-bond acceptors (Lipinski definition) is 6. The van der Waals surface area contributed by atoms with Crippen LogP contribution >= 0.6 is 0 Å². The lowest BCUT2D eigenvalue weighted by Gasteiger charge is -2.33. The lowest BCUT2D eigenvalue weighted by molar-refractivity contribution is 0.0917. The molecule has 0 atom stereocenters. The van der Waals surface area contributed by atoms with Crippen molar-refractivity contribution in [1.82, 2.24) is 10.5 Å². The first kappa shape index (κ1) is 25.2. The summed E-state index contributed by atoms with van der Waals surface area (Å²) in [4.78, 5) is 25.8. The molecule has 8 nitrogen and oxygen atoms in total. The van der Waals surface area contributed by atoms with Crippen molar-refractivity contribution in [1.29, 1.82) is 0 Å². The Balaban J connectivity index is 1.33. The average Bonchev–Trinajstić information content (AvgIpc) is 3.19. The minimum Gasteiger partial charge on any atom is -0.495 e. The monoisotopic (exact) mass is 482 g/mol. The van der Waals surface area contributed by atoms with Crippen LogP contribution in [0.5, 0.6) is 5.75 Å². The summed E-state index contributed by atoms with van der Waals surface area (Å²) in [6, 6.07) is 5.66. The molecule has 0 bridgehead atoms. The van der Waals surface area contributed by atoms with E-state index in [1.54, 1.807) is 32.0 Å². The number of nitrogens with zero attached hydrogens (tertiary/aromatic N) is 1. The van der Waals surface area contributed by atoms with Gasteiger partial charge in [-0.05, 0) is 102 Å². The van der Waals surface area contributed by atoms with E-state index in [0.717, 1.165) is 37.5 Å². The highest BCUT2D eigenvalue weighted by Crippen LogP contribution is 2.35. The Morgan fingerprint density at radius 1 is 1.03 bits per heavy atom. The van der Waals surface area contributed by atoms with Gasteiger partial charge in [0.1, 0.15) is 17.1 Å². The van der Waals surface area contributed by atoms with Crippen molar-refractivity contribution in [2.75, 3.05) is 12.4 Å². The van der Waals surface area contributed by atoms with E-state index in [-0.39, 0.29) is 17.9 Å². The van der Waals surface area contributed by atoms with Gasteiger partial charge in [0.25, 0.3) is 11.8 Å². The highest BCUT2D eigenvalue weighted by molar-refractivity contribution is 6.07. The first-order chi connectivity index (χ1) is 16.8. The molecular weight excluding hydrogens is 444 g/mol. The van der Waals surface area contributed by atoms with Crippen LogP contribution in [0.25, 0.3) is 0 Å². The zero-order chi connectivity index (χ0) is 24.9. The molecule has 4 N–H and O–H groups in total. The number of benzene rings is 1. The molecule has 35 heavy (non-hydrogen) atoms. The second-order valence-corrected chi connectivity index (χ2v) is 10.3. The number of anilines is 1. The molecule has 2 saturated carbocycles. The number of ether oxygens (including phenoxy) is 1. The molecule has 4 rings (SSSR count). The van der Waals surface area contributed by atoms with Crippen molar-refractivity contribution in [2.45, 2.75) is 83.7 Å². The Morgan fingerprint density at radius 3 is 2.29 bits per heavy atom.